The molecule has 1 aliphatic rings. The summed E-state index contributed by atoms with van der Waals surface area (Å²) in [5.41, 5.74) is 0.658. The van der Waals surface area contributed by atoms with Crippen LogP contribution in [0.3, 0.4) is 0 Å². The minimum Gasteiger partial charge on any atom is -0.395 e. The van der Waals surface area contributed by atoms with Crippen LogP contribution in [0.5, 0.6) is 0 Å². The number of hydrogen-bond acceptors (Lipinski definition) is 7. The van der Waals surface area contributed by atoms with E-state index in [9.17, 15) is 0 Å². The highest BCUT2D eigenvalue weighted by Gasteiger charge is 2.19. The van der Waals surface area contributed by atoms with Crippen molar-refractivity contribution in [1.82, 2.24) is 29.9 Å². The van der Waals surface area contributed by atoms with E-state index in [1.165, 1.54) is 0 Å². The molecule has 0 bridgehead atoms. The Morgan fingerprint density at radius 3 is 2.78 bits per heavy atom. The standard InChI is InChI=1S/C10H15N7O/c18-6-5-15-1-3-16(4-2-15)10-8-11-7-9-12-13-14-17(9)10/h7-8,18H,1-6H2. The Morgan fingerprint density at radius 2 is 2.00 bits per heavy atom. The summed E-state index contributed by atoms with van der Waals surface area (Å²) in [5, 5.41) is 20.4. The van der Waals surface area contributed by atoms with Gasteiger partial charge in [0.15, 0.2) is 11.5 Å². The molecule has 0 aliphatic carbocycles. The maximum Gasteiger partial charge on any atom is 0.199 e. The van der Waals surface area contributed by atoms with Crippen LogP contribution in [0.15, 0.2) is 12.4 Å². The van der Waals surface area contributed by atoms with Crippen molar-refractivity contribution in [1.29, 1.82) is 0 Å². The van der Waals surface area contributed by atoms with Gasteiger partial charge in [0.1, 0.15) is 0 Å². The number of tetrazole rings is 1. The lowest BCUT2D eigenvalue weighted by Gasteiger charge is -2.35. The van der Waals surface area contributed by atoms with E-state index < -0.39 is 0 Å². The van der Waals surface area contributed by atoms with Gasteiger partial charge in [0.25, 0.3) is 0 Å². The zero-order valence-electron chi connectivity index (χ0n) is 9.98. The summed E-state index contributed by atoms with van der Waals surface area (Å²) >= 11 is 0. The molecule has 0 amide bonds. The fourth-order valence-corrected chi connectivity index (χ4v) is 2.22. The number of anilines is 1. The van der Waals surface area contributed by atoms with Crippen LogP contribution in [0.2, 0.25) is 0 Å². The molecule has 1 saturated heterocycles. The summed E-state index contributed by atoms with van der Waals surface area (Å²) in [4.78, 5) is 8.61. The largest absolute Gasteiger partial charge is 0.395 e. The highest BCUT2D eigenvalue weighted by Crippen LogP contribution is 2.14. The minimum atomic E-state index is 0.212. The first-order valence-electron chi connectivity index (χ1n) is 5.99. The van der Waals surface area contributed by atoms with Crippen molar-refractivity contribution in [3.63, 3.8) is 0 Å². The van der Waals surface area contributed by atoms with Crippen molar-refractivity contribution in [2.75, 3.05) is 44.2 Å². The first-order chi connectivity index (χ1) is 8.88. The molecule has 0 atom stereocenters. The zero-order chi connectivity index (χ0) is 12.4. The molecule has 3 heterocycles. The Morgan fingerprint density at radius 1 is 1.17 bits per heavy atom. The van der Waals surface area contributed by atoms with Crippen molar-refractivity contribution < 1.29 is 5.11 Å². The molecule has 1 fully saturated rings. The number of aliphatic hydroxyl groups is 1. The number of rotatable bonds is 3. The number of hydrogen-bond donors (Lipinski definition) is 1. The van der Waals surface area contributed by atoms with E-state index in [1.807, 2.05) is 0 Å². The zero-order valence-corrected chi connectivity index (χ0v) is 9.98. The molecule has 0 spiro atoms. The van der Waals surface area contributed by atoms with Crippen LogP contribution in [-0.2, 0) is 0 Å². The molecule has 96 valence electrons. The van der Waals surface area contributed by atoms with Gasteiger partial charge in [-0.2, -0.15) is 4.52 Å². The fraction of sp³-hybridized carbons (Fsp3) is 0.600. The summed E-state index contributed by atoms with van der Waals surface area (Å²) in [7, 11) is 0. The summed E-state index contributed by atoms with van der Waals surface area (Å²) < 4.78 is 1.70. The van der Waals surface area contributed by atoms with Gasteiger partial charge in [0.05, 0.1) is 19.0 Å². The van der Waals surface area contributed by atoms with Crippen molar-refractivity contribution >= 4 is 11.5 Å². The molecule has 8 nitrogen and oxygen atoms in total. The van der Waals surface area contributed by atoms with Gasteiger partial charge in [-0.15, -0.1) is 5.10 Å². The highest BCUT2D eigenvalue weighted by molar-refractivity contribution is 5.46. The van der Waals surface area contributed by atoms with Crippen molar-refractivity contribution in [3.05, 3.63) is 12.4 Å². The lowest BCUT2D eigenvalue weighted by Crippen LogP contribution is -2.47. The van der Waals surface area contributed by atoms with Gasteiger partial charge in [-0.05, 0) is 10.4 Å². The monoisotopic (exact) mass is 249 g/mol. The molecule has 8 heteroatoms. The van der Waals surface area contributed by atoms with Gasteiger partial charge in [-0.1, -0.05) is 0 Å². The molecule has 2 aromatic heterocycles. The Balaban J connectivity index is 1.78. The second-order valence-electron chi connectivity index (χ2n) is 4.27. The molecule has 1 aliphatic heterocycles. The Labute approximate surface area is 104 Å². The average Bonchev–Trinajstić information content (AvgIpc) is 2.88. The summed E-state index contributed by atoms with van der Waals surface area (Å²) in [5.74, 6) is 0.918. The van der Waals surface area contributed by atoms with Crippen LogP contribution in [-0.4, -0.2) is 74.4 Å². The summed E-state index contributed by atoms with van der Waals surface area (Å²) in [6, 6.07) is 0. The van der Waals surface area contributed by atoms with E-state index in [-0.39, 0.29) is 6.61 Å². The molecule has 0 radical (unpaired) electrons. The number of piperazine rings is 1. The molecule has 2 aromatic rings. The molecular formula is C10H15N7O. The van der Waals surface area contributed by atoms with Crippen LogP contribution < -0.4 is 4.90 Å². The number of fused-ring (bicyclic) bond motifs is 1. The van der Waals surface area contributed by atoms with Crippen LogP contribution in [0.25, 0.3) is 5.65 Å². The normalized spacial score (nSPS) is 17.5. The van der Waals surface area contributed by atoms with Gasteiger partial charge in [-0.25, -0.2) is 0 Å². The molecule has 3 rings (SSSR count). The molecule has 0 unspecified atom stereocenters. The van der Waals surface area contributed by atoms with E-state index >= 15 is 0 Å². The third-order valence-electron chi connectivity index (χ3n) is 3.20. The van der Waals surface area contributed by atoms with Crippen molar-refractivity contribution in [2.24, 2.45) is 0 Å². The van der Waals surface area contributed by atoms with Crippen LogP contribution in [0.4, 0.5) is 5.82 Å². The Hall–Kier alpha value is -1.80. The number of nitrogens with zero attached hydrogens (tertiary/aromatic N) is 7. The fourth-order valence-electron chi connectivity index (χ4n) is 2.22. The predicted molar refractivity (Wildman–Crippen MR) is 64.3 cm³/mol. The average molecular weight is 249 g/mol. The first-order valence-corrected chi connectivity index (χ1v) is 5.99. The van der Waals surface area contributed by atoms with Gasteiger partial charge >= 0.3 is 0 Å². The lowest BCUT2D eigenvalue weighted by molar-refractivity contribution is 0.188. The smallest absolute Gasteiger partial charge is 0.199 e. The lowest BCUT2D eigenvalue weighted by atomic mass is 10.3. The molecule has 0 aromatic carbocycles. The molecule has 18 heavy (non-hydrogen) atoms. The van der Waals surface area contributed by atoms with Crippen molar-refractivity contribution in [2.45, 2.75) is 0 Å². The predicted octanol–water partition coefficient (Wildman–Crippen LogP) is -1.37. The summed E-state index contributed by atoms with van der Waals surface area (Å²) in [6.45, 7) is 4.59. The number of aromatic nitrogens is 5. The quantitative estimate of drug-likeness (QED) is 0.718. The minimum absolute atomic E-state index is 0.212. The second kappa shape index (κ2) is 4.83. The van der Waals surface area contributed by atoms with Gasteiger partial charge in [0.2, 0.25) is 0 Å². The van der Waals surface area contributed by atoms with Crippen LogP contribution in [0.1, 0.15) is 0 Å². The van der Waals surface area contributed by atoms with Gasteiger partial charge in [-0.3, -0.25) is 9.88 Å². The SMILES string of the molecule is OCCN1CCN(c2cncc3nnnn23)CC1. The van der Waals surface area contributed by atoms with Crippen LogP contribution >= 0.6 is 0 Å². The number of β-amino-alcohol motifs (C(OH)–C–C–N with tert-alkyl or cyclic N) is 1. The topological polar surface area (TPSA) is 82.7 Å². The second-order valence-corrected chi connectivity index (χ2v) is 4.27. The van der Waals surface area contributed by atoms with Crippen LogP contribution in [0, 0.1) is 0 Å². The van der Waals surface area contributed by atoms with E-state index in [2.05, 4.69) is 30.3 Å². The summed E-state index contributed by atoms with van der Waals surface area (Å²) in [6.07, 6.45) is 3.43. The van der Waals surface area contributed by atoms with E-state index in [4.69, 9.17) is 5.11 Å². The third kappa shape index (κ3) is 2.00. The first kappa shape index (κ1) is 11.3. The highest BCUT2D eigenvalue weighted by atomic mass is 16.3. The van der Waals surface area contributed by atoms with Crippen molar-refractivity contribution in [3.8, 4) is 0 Å². The Bertz CT molecular complexity index is 520. The van der Waals surface area contributed by atoms with E-state index in [0.717, 1.165) is 38.5 Å². The van der Waals surface area contributed by atoms with Gasteiger partial charge in [0, 0.05) is 32.7 Å². The van der Waals surface area contributed by atoms with E-state index in [1.54, 1.807) is 16.9 Å². The molecular weight excluding hydrogens is 234 g/mol. The third-order valence-corrected chi connectivity index (χ3v) is 3.20. The maximum absolute atomic E-state index is 8.92. The molecule has 1 N–H and O–H groups in total. The molecule has 0 saturated carbocycles. The Kier molecular flexibility index (Phi) is 3.03. The number of aliphatic hydroxyl groups excluding tert-OH is 1. The van der Waals surface area contributed by atoms with E-state index in [0.29, 0.717) is 5.65 Å². The maximum atomic E-state index is 8.92. The van der Waals surface area contributed by atoms with Gasteiger partial charge < -0.3 is 10.0 Å².